The maximum atomic E-state index is 13.5. The fourth-order valence-electron chi connectivity index (χ4n) is 4.80. The first kappa shape index (κ1) is 18.4. The molecule has 1 aliphatic heterocycles. The molecule has 1 saturated heterocycles. The highest BCUT2D eigenvalue weighted by Crippen LogP contribution is 2.50. The first-order valence-electron chi connectivity index (χ1n) is 9.85. The Morgan fingerprint density at radius 2 is 1.93 bits per heavy atom. The summed E-state index contributed by atoms with van der Waals surface area (Å²) in [5, 5.41) is 11.3. The van der Waals surface area contributed by atoms with Crippen molar-refractivity contribution in [3.05, 3.63) is 88.0 Å². The second-order valence-electron chi connectivity index (χ2n) is 7.68. The number of allylic oxidation sites excluding steroid dienone is 1. The van der Waals surface area contributed by atoms with Gasteiger partial charge in [0.25, 0.3) is 5.69 Å². The quantitative estimate of drug-likeness (QED) is 0.424. The van der Waals surface area contributed by atoms with Gasteiger partial charge < -0.3 is 4.90 Å². The molecule has 5 heteroatoms. The first-order chi connectivity index (χ1) is 13.6. The smallest absolute Gasteiger partial charge is 0.269 e. The number of hydrogen-bond donors (Lipinski definition) is 0. The Morgan fingerprint density at radius 1 is 1.14 bits per heavy atom. The Labute approximate surface area is 164 Å². The maximum Gasteiger partial charge on any atom is 0.269 e. The summed E-state index contributed by atoms with van der Waals surface area (Å²) in [5.74, 6) is 0.492. The molecule has 0 unspecified atom stereocenters. The van der Waals surface area contributed by atoms with Crippen LogP contribution in [0.5, 0.6) is 0 Å². The van der Waals surface area contributed by atoms with Gasteiger partial charge >= 0.3 is 0 Å². The normalized spacial score (nSPS) is 26.3. The molecule has 0 radical (unpaired) electrons. The van der Waals surface area contributed by atoms with Crippen LogP contribution in [0, 0.1) is 27.9 Å². The van der Waals surface area contributed by atoms with E-state index in [0.717, 1.165) is 24.0 Å². The molecule has 2 aromatic rings. The van der Waals surface area contributed by atoms with Crippen molar-refractivity contribution in [2.24, 2.45) is 17.8 Å². The Balaban J connectivity index is 1.77. The van der Waals surface area contributed by atoms with Crippen LogP contribution < -0.4 is 0 Å². The van der Waals surface area contributed by atoms with Crippen LogP contribution in [-0.4, -0.2) is 15.7 Å². The van der Waals surface area contributed by atoms with Crippen molar-refractivity contribution in [3.8, 4) is 0 Å². The van der Waals surface area contributed by atoms with Gasteiger partial charge in [-0.15, -0.1) is 0 Å². The van der Waals surface area contributed by atoms with Crippen molar-refractivity contribution in [1.82, 2.24) is 4.90 Å². The van der Waals surface area contributed by atoms with Crippen molar-refractivity contribution in [3.63, 3.8) is 0 Å². The summed E-state index contributed by atoms with van der Waals surface area (Å²) >= 11 is 0. The molecule has 1 amide bonds. The summed E-state index contributed by atoms with van der Waals surface area (Å²) in [5.41, 5.74) is 1.98. The van der Waals surface area contributed by atoms with Gasteiger partial charge in [0.1, 0.15) is 0 Å². The van der Waals surface area contributed by atoms with Crippen LogP contribution in [0.25, 0.3) is 0 Å². The molecule has 1 aliphatic carbocycles. The van der Waals surface area contributed by atoms with Crippen molar-refractivity contribution in [2.75, 3.05) is 0 Å². The molecule has 0 saturated carbocycles. The number of likely N-dealkylation sites (tertiary alicyclic amines) is 1. The molecule has 0 spiro atoms. The number of nitrogens with zero attached hydrogens (tertiary/aromatic N) is 2. The summed E-state index contributed by atoms with van der Waals surface area (Å²) in [4.78, 5) is 26.3. The topological polar surface area (TPSA) is 63.5 Å². The van der Waals surface area contributed by atoms with E-state index >= 15 is 0 Å². The number of hydrogen-bond acceptors (Lipinski definition) is 3. The van der Waals surface area contributed by atoms with Gasteiger partial charge in [0.2, 0.25) is 5.91 Å². The van der Waals surface area contributed by atoms with E-state index in [-0.39, 0.29) is 34.4 Å². The molecule has 28 heavy (non-hydrogen) atoms. The number of nitro benzene ring substituents is 1. The minimum atomic E-state index is -0.370. The van der Waals surface area contributed by atoms with Gasteiger partial charge in [-0.1, -0.05) is 68.0 Å². The van der Waals surface area contributed by atoms with Gasteiger partial charge in [-0.3, -0.25) is 14.9 Å². The number of nitro groups is 1. The average Bonchev–Trinajstić information content (AvgIpc) is 3.00. The average molecular weight is 376 g/mol. The lowest BCUT2D eigenvalue weighted by molar-refractivity contribution is -0.385. The fraction of sp³-hybridized carbons (Fsp3) is 0.348. The van der Waals surface area contributed by atoms with Crippen LogP contribution in [0.2, 0.25) is 0 Å². The number of rotatable bonds is 5. The SMILES string of the molecule is CC[C@@H]1CC=C[C@H]2[C@H]1C(=O)N(Cc1ccccc1)[C@H]2c1cccc([N+](=O)[O-])c1. The van der Waals surface area contributed by atoms with Crippen LogP contribution >= 0.6 is 0 Å². The Bertz CT molecular complexity index is 909. The lowest BCUT2D eigenvalue weighted by Crippen LogP contribution is -2.31. The zero-order valence-corrected chi connectivity index (χ0v) is 15.9. The van der Waals surface area contributed by atoms with E-state index in [1.165, 1.54) is 6.07 Å². The van der Waals surface area contributed by atoms with E-state index in [9.17, 15) is 14.9 Å². The Hall–Kier alpha value is -2.95. The van der Waals surface area contributed by atoms with Gasteiger partial charge in [-0.2, -0.15) is 0 Å². The third-order valence-corrected chi connectivity index (χ3v) is 6.13. The molecule has 5 nitrogen and oxygen atoms in total. The van der Waals surface area contributed by atoms with Gasteiger partial charge in [0, 0.05) is 30.5 Å². The molecule has 144 valence electrons. The zero-order valence-electron chi connectivity index (χ0n) is 15.9. The van der Waals surface area contributed by atoms with Crippen molar-refractivity contribution < 1.29 is 9.72 Å². The molecule has 0 bridgehead atoms. The van der Waals surface area contributed by atoms with Crippen molar-refractivity contribution >= 4 is 11.6 Å². The summed E-state index contributed by atoms with van der Waals surface area (Å²) in [6.07, 6.45) is 6.21. The molecule has 0 aromatic heterocycles. The fourth-order valence-corrected chi connectivity index (χ4v) is 4.80. The Kier molecular flexibility index (Phi) is 4.99. The highest BCUT2D eigenvalue weighted by atomic mass is 16.6. The number of benzene rings is 2. The molecule has 4 rings (SSSR count). The van der Waals surface area contributed by atoms with E-state index in [0.29, 0.717) is 12.5 Å². The molecule has 2 aliphatic rings. The first-order valence-corrected chi connectivity index (χ1v) is 9.85. The number of fused-ring (bicyclic) bond motifs is 1. The predicted octanol–water partition coefficient (Wildman–Crippen LogP) is 4.90. The Morgan fingerprint density at radius 3 is 2.64 bits per heavy atom. The second kappa shape index (κ2) is 7.58. The third kappa shape index (κ3) is 3.21. The number of non-ortho nitro benzene ring substituents is 1. The van der Waals surface area contributed by atoms with E-state index in [1.807, 2.05) is 41.3 Å². The second-order valence-corrected chi connectivity index (χ2v) is 7.68. The van der Waals surface area contributed by atoms with Crippen LogP contribution in [0.1, 0.15) is 36.9 Å². The molecule has 2 aromatic carbocycles. The summed E-state index contributed by atoms with van der Waals surface area (Å²) in [6, 6.07) is 16.5. The molecule has 4 atom stereocenters. The lowest BCUT2D eigenvalue weighted by Gasteiger charge is -2.30. The van der Waals surface area contributed by atoms with Crippen LogP contribution in [-0.2, 0) is 11.3 Å². The van der Waals surface area contributed by atoms with Gasteiger partial charge in [0.05, 0.1) is 11.0 Å². The predicted molar refractivity (Wildman–Crippen MR) is 107 cm³/mol. The van der Waals surface area contributed by atoms with Crippen LogP contribution in [0.4, 0.5) is 5.69 Å². The van der Waals surface area contributed by atoms with Gasteiger partial charge in [0.15, 0.2) is 0 Å². The summed E-state index contributed by atoms with van der Waals surface area (Å²) < 4.78 is 0. The zero-order chi connectivity index (χ0) is 19.7. The van der Waals surface area contributed by atoms with Crippen molar-refractivity contribution in [1.29, 1.82) is 0 Å². The minimum absolute atomic E-state index is 0.0527. The monoisotopic (exact) mass is 376 g/mol. The molecular formula is C23H24N2O3. The van der Waals surface area contributed by atoms with E-state index in [1.54, 1.807) is 12.1 Å². The highest BCUT2D eigenvalue weighted by Gasteiger charge is 2.50. The van der Waals surface area contributed by atoms with E-state index in [4.69, 9.17) is 0 Å². The standard InChI is InChI=1S/C23H24N2O3/c1-2-17-10-7-13-20-21(17)23(26)24(15-16-8-4-3-5-9-16)22(20)18-11-6-12-19(14-18)25(27)28/h3-9,11-14,17,20-22H,2,10,15H2,1H3/t17-,20+,21+,22+/m1/s1. The highest BCUT2D eigenvalue weighted by molar-refractivity contribution is 5.83. The number of amides is 1. The minimum Gasteiger partial charge on any atom is -0.330 e. The molecule has 0 N–H and O–H groups in total. The van der Waals surface area contributed by atoms with Gasteiger partial charge in [-0.05, 0) is 23.5 Å². The summed E-state index contributed by atoms with van der Waals surface area (Å²) in [7, 11) is 0. The number of carbonyl (C=O) groups excluding carboxylic acids is 1. The molecule has 1 heterocycles. The van der Waals surface area contributed by atoms with E-state index < -0.39 is 0 Å². The molecule has 1 fully saturated rings. The molecular weight excluding hydrogens is 352 g/mol. The largest absolute Gasteiger partial charge is 0.330 e. The summed E-state index contributed by atoms with van der Waals surface area (Å²) in [6.45, 7) is 2.65. The maximum absolute atomic E-state index is 13.5. The number of carbonyl (C=O) groups is 1. The van der Waals surface area contributed by atoms with Crippen molar-refractivity contribution in [2.45, 2.75) is 32.4 Å². The third-order valence-electron chi connectivity index (χ3n) is 6.13. The van der Waals surface area contributed by atoms with Gasteiger partial charge in [-0.25, -0.2) is 0 Å². The van der Waals surface area contributed by atoms with Crippen LogP contribution in [0.15, 0.2) is 66.7 Å². The van der Waals surface area contributed by atoms with E-state index in [2.05, 4.69) is 19.1 Å². The van der Waals surface area contributed by atoms with Crippen LogP contribution in [0.3, 0.4) is 0 Å². The lowest BCUT2D eigenvalue weighted by atomic mass is 9.73.